The monoisotopic (exact) mass is 199 g/mol. The van der Waals surface area contributed by atoms with Crippen molar-refractivity contribution in [3.05, 3.63) is 0 Å². The molecule has 14 heavy (non-hydrogen) atoms. The Labute approximate surface area is 88.4 Å². The highest BCUT2D eigenvalue weighted by molar-refractivity contribution is 4.77. The molecule has 0 saturated carbocycles. The molecular weight excluding hydrogens is 174 g/mol. The maximum absolute atomic E-state index is 5.53. The van der Waals surface area contributed by atoms with Gasteiger partial charge >= 0.3 is 0 Å². The van der Waals surface area contributed by atoms with E-state index in [2.05, 4.69) is 33.0 Å². The zero-order chi connectivity index (χ0) is 10.6. The average molecular weight is 199 g/mol. The second-order valence-corrected chi connectivity index (χ2v) is 5.10. The summed E-state index contributed by atoms with van der Waals surface area (Å²) in [5.41, 5.74) is 0. The van der Waals surface area contributed by atoms with Crippen LogP contribution in [0.15, 0.2) is 0 Å². The third-order valence-corrected chi connectivity index (χ3v) is 2.83. The second kappa shape index (κ2) is 5.72. The molecule has 1 rings (SSSR count). The normalized spacial score (nSPS) is 30.6. The van der Waals surface area contributed by atoms with Crippen LogP contribution in [0, 0.1) is 5.92 Å². The quantitative estimate of drug-likeness (QED) is 0.751. The van der Waals surface area contributed by atoms with Gasteiger partial charge in [-0.3, -0.25) is 0 Å². The lowest BCUT2D eigenvalue weighted by Gasteiger charge is -2.31. The van der Waals surface area contributed by atoms with E-state index in [0.29, 0.717) is 18.2 Å². The third-order valence-electron chi connectivity index (χ3n) is 2.83. The zero-order valence-corrected chi connectivity index (χ0v) is 10.0. The molecule has 0 spiro atoms. The van der Waals surface area contributed by atoms with Gasteiger partial charge in [0.2, 0.25) is 0 Å². The predicted molar refractivity (Wildman–Crippen MR) is 60.5 cm³/mol. The Kier molecular flexibility index (Phi) is 4.90. The summed E-state index contributed by atoms with van der Waals surface area (Å²) < 4.78 is 5.53. The van der Waals surface area contributed by atoms with E-state index in [9.17, 15) is 0 Å². The molecule has 3 atom stereocenters. The molecule has 0 amide bonds. The van der Waals surface area contributed by atoms with Gasteiger partial charge in [0.15, 0.2) is 0 Å². The van der Waals surface area contributed by atoms with Crippen LogP contribution in [0.5, 0.6) is 0 Å². The fraction of sp³-hybridized carbons (Fsp3) is 1.00. The van der Waals surface area contributed by atoms with E-state index < -0.39 is 0 Å². The van der Waals surface area contributed by atoms with Crippen LogP contribution in [0.4, 0.5) is 0 Å². The molecule has 1 aliphatic rings. The van der Waals surface area contributed by atoms with Crippen molar-refractivity contribution >= 4 is 0 Å². The van der Waals surface area contributed by atoms with E-state index in [4.69, 9.17) is 4.74 Å². The summed E-state index contributed by atoms with van der Waals surface area (Å²) in [6.07, 6.45) is 4.05. The topological polar surface area (TPSA) is 21.3 Å². The number of hydrogen-bond acceptors (Lipinski definition) is 2. The molecule has 0 aliphatic carbocycles. The Bertz CT molecular complexity index is 158. The van der Waals surface area contributed by atoms with Gasteiger partial charge in [-0.15, -0.1) is 0 Å². The van der Waals surface area contributed by atoms with Gasteiger partial charge in [0.05, 0.1) is 6.10 Å². The number of ether oxygens (including phenoxy) is 1. The van der Waals surface area contributed by atoms with E-state index in [-0.39, 0.29) is 0 Å². The van der Waals surface area contributed by atoms with Crippen molar-refractivity contribution in [1.29, 1.82) is 0 Å². The summed E-state index contributed by atoms with van der Waals surface area (Å²) in [6.45, 7) is 9.95. The summed E-state index contributed by atoms with van der Waals surface area (Å²) in [4.78, 5) is 0. The smallest absolute Gasteiger partial charge is 0.0561 e. The first-order valence-electron chi connectivity index (χ1n) is 5.95. The zero-order valence-electron chi connectivity index (χ0n) is 10.0. The molecule has 0 aromatic rings. The molecule has 2 heteroatoms. The SMILES string of the molecule is CC(C)CC(C)NC1CCOC(C)C1. The Morgan fingerprint density at radius 1 is 1.36 bits per heavy atom. The van der Waals surface area contributed by atoms with E-state index in [1.54, 1.807) is 0 Å². The van der Waals surface area contributed by atoms with Crippen LogP contribution in [0.2, 0.25) is 0 Å². The molecule has 0 bridgehead atoms. The molecule has 1 N–H and O–H groups in total. The highest BCUT2D eigenvalue weighted by Crippen LogP contribution is 2.15. The van der Waals surface area contributed by atoms with E-state index >= 15 is 0 Å². The molecule has 0 aromatic carbocycles. The van der Waals surface area contributed by atoms with Crippen LogP contribution in [0.3, 0.4) is 0 Å². The van der Waals surface area contributed by atoms with Gasteiger partial charge in [-0.25, -0.2) is 0 Å². The first-order chi connectivity index (χ1) is 6.58. The van der Waals surface area contributed by atoms with Crippen molar-refractivity contribution in [2.24, 2.45) is 5.92 Å². The Morgan fingerprint density at radius 2 is 2.07 bits per heavy atom. The highest BCUT2D eigenvalue weighted by atomic mass is 16.5. The van der Waals surface area contributed by atoms with Crippen molar-refractivity contribution in [3.63, 3.8) is 0 Å². The van der Waals surface area contributed by atoms with Crippen molar-refractivity contribution in [2.75, 3.05) is 6.61 Å². The van der Waals surface area contributed by atoms with Crippen LogP contribution < -0.4 is 5.32 Å². The first-order valence-corrected chi connectivity index (χ1v) is 5.95. The maximum Gasteiger partial charge on any atom is 0.0561 e. The second-order valence-electron chi connectivity index (χ2n) is 5.10. The molecule has 1 heterocycles. The lowest BCUT2D eigenvalue weighted by molar-refractivity contribution is 0.0112. The summed E-state index contributed by atoms with van der Waals surface area (Å²) in [5, 5.41) is 3.70. The maximum atomic E-state index is 5.53. The fourth-order valence-electron chi connectivity index (χ4n) is 2.33. The van der Waals surface area contributed by atoms with E-state index in [1.165, 1.54) is 19.3 Å². The molecule has 1 aliphatic heterocycles. The van der Waals surface area contributed by atoms with Gasteiger partial charge in [0.25, 0.3) is 0 Å². The van der Waals surface area contributed by atoms with Gasteiger partial charge in [0, 0.05) is 18.7 Å². The molecule has 84 valence electrons. The predicted octanol–water partition coefficient (Wildman–Crippen LogP) is 2.58. The average Bonchev–Trinajstić information content (AvgIpc) is 2.01. The number of nitrogens with one attached hydrogen (secondary N) is 1. The fourth-order valence-corrected chi connectivity index (χ4v) is 2.33. The summed E-state index contributed by atoms with van der Waals surface area (Å²) >= 11 is 0. The Hall–Kier alpha value is -0.0800. The third kappa shape index (κ3) is 4.43. The van der Waals surface area contributed by atoms with Crippen molar-refractivity contribution < 1.29 is 4.74 Å². The highest BCUT2D eigenvalue weighted by Gasteiger charge is 2.20. The van der Waals surface area contributed by atoms with Crippen LogP contribution in [0.1, 0.15) is 47.0 Å². The summed E-state index contributed by atoms with van der Waals surface area (Å²) in [5.74, 6) is 0.787. The molecule has 0 aromatic heterocycles. The largest absolute Gasteiger partial charge is 0.378 e. The minimum atomic E-state index is 0.437. The first kappa shape index (κ1) is 12.0. The lowest BCUT2D eigenvalue weighted by atomic mass is 10.00. The van der Waals surface area contributed by atoms with Crippen molar-refractivity contribution in [1.82, 2.24) is 5.32 Å². The molecule has 1 fully saturated rings. The standard InChI is InChI=1S/C12H25NO/c1-9(2)7-10(3)13-12-5-6-14-11(4)8-12/h9-13H,5-8H2,1-4H3. The van der Waals surface area contributed by atoms with E-state index in [1.807, 2.05) is 0 Å². The van der Waals surface area contributed by atoms with E-state index in [0.717, 1.165) is 12.5 Å². The van der Waals surface area contributed by atoms with Gasteiger partial charge < -0.3 is 10.1 Å². The molecule has 1 saturated heterocycles. The molecule has 3 unspecified atom stereocenters. The minimum Gasteiger partial charge on any atom is -0.378 e. The number of hydrogen-bond donors (Lipinski definition) is 1. The van der Waals surface area contributed by atoms with Crippen LogP contribution >= 0.6 is 0 Å². The Morgan fingerprint density at radius 3 is 2.64 bits per heavy atom. The number of rotatable bonds is 4. The minimum absolute atomic E-state index is 0.437. The summed E-state index contributed by atoms with van der Waals surface area (Å²) in [7, 11) is 0. The van der Waals surface area contributed by atoms with Gasteiger partial charge in [-0.2, -0.15) is 0 Å². The van der Waals surface area contributed by atoms with Gasteiger partial charge in [-0.1, -0.05) is 13.8 Å². The van der Waals surface area contributed by atoms with Gasteiger partial charge in [-0.05, 0) is 39.0 Å². The van der Waals surface area contributed by atoms with Crippen LogP contribution in [-0.4, -0.2) is 24.8 Å². The van der Waals surface area contributed by atoms with Crippen molar-refractivity contribution in [2.45, 2.75) is 65.1 Å². The lowest BCUT2D eigenvalue weighted by Crippen LogP contribution is -2.42. The molecular formula is C12H25NO. The molecule has 0 radical (unpaired) electrons. The van der Waals surface area contributed by atoms with Crippen molar-refractivity contribution in [3.8, 4) is 0 Å². The molecule has 2 nitrogen and oxygen atoms in total. The Balaban J connectivity index is 2.21. The van der Waals surface area contributed by atoms with Crippen LogP contribution in [0.25, 0.3) is 0 Å². The van der Waals surface area contributed by atoms with Gasteiger partial charge in [0.1, 0.15) is 0 Å². The summed E-state index contributed by atoms with van der Waals surface area (Å²) in [6, 6.07) is 1.32. The van der Waals surface area contributed by atoms with Crippen LogP contribution in [-0.2, 0) is 4.74 Å².